The predicted octanol–water partition coefficient (Wildman–Crippen LogP) is 4.12. The number of hydrogen-bond donors (Lipinski definition) is 2. The van der Waals surface area contributed by atoms with Crippen LogP contribution in [-0.4, -0.2) is 29.9 Å². The Labute approximate surface area is 173 Å². The van der Waals surface area contributed by atoms with Crippen molar-refractivity contribution in [2.75, 3.05) is 6.61 Å². The van der Waals surface area contributed by atoms with Crippen LogP contribution >= 0.6 is 23.2 Å². The fraction of sp³-hybridized carbons (Fsp3) is 0.381. The molecule has 1 aliphatic carbocycles. The molecule has 0 aromatic heterocycles. The van der Waals surface area contributed by atoms with Gasteiger partial charge in [-0.1, -0.05) is 29.3 Å². The van der Waals surface area contributed by atoms with Crippen molar-refractivity contribution in [1.29, 1.82) is 0 Å². The summed E-state index contributed by atoms with van der Waals surface area (Å²) in [4.78, 5) is 4.74. The Morgan fingerprint density at radius 1 is 1.07 bits per heavy atom. The molecule has 1 fully saturated rings. The van der Waals surface area contributed by atoms with E-state index in [4.69, 9.17) is 43.4 Å². The van der Waals surface area contributed by atoms with Gasteiger partial charge in [0.2, 0.25) is 0 Å². The summed E-state index contributed by atoms with van der Waals surface area (Å²) in [5.74, 6) is 0.791. The maximum Gasteiger partial charge on any atom is 0.283 e. The lowest BCUT2D eigenvalue weighted by Gasteiger charge is -2.47. The average molecular weight is 419 g/mol. The smallest absolute Gasteiger partial charge is 0.283 e. The summed E-state index contributed by atoms with van der Waals surface area (Å²) in [6, 6.07) is 11.7. The number of halogens is 2. The predicted molar refractivity (Wildman–Crippen MR) is 109 cm³/mol. The normalized spacial score (nSPS) is 30.8. The van der Waals surface area contributed by atoms with Crippen molar-refractivity contribution in [1.82, 2.24) is 0 Å². The first-order valence-corrected chi connectivity index (χ1v) is 10.1. The topological polar surface area (TPSA) is 77.1 Å². The Kier molecular flexibility index (Phi) is 4.23. The third-order valence-electron chi connectivity index (χ3n) is 6.04. The number of hydrogen-bond acceptors (Lipinski definition) is 5. The van der Waals surface area contributed by atoms with Crippen LogP contribution in [0.4, 0.5) is 0 Å². The van der Waals surface area contributed by atoms with E-state index in [1.165, 1.54) is 0 Å². The van der Waals surface area contributed by atoms with E-state index in [0.717, 1.165) is 35.3 Å². The van der Waals surface area contributed by atoms with Gasteiger partial charge in [0, 0.05) is 21.5 Å². The van der Waals surface area contributed by atoms with E-state index in [9.17, 15) is 5.11 Å². The monoisotopic (exact) mass is 418 g/mol. The number of aliphatic hydroxyl groups excluding tert-OH is 1. The molecule has 4 atom stereocenters. The van der Waals surface area contributed by atoms with Gasteiger partial charge < -0.3 is 20.3 Å². The quantitative estimate of drug-likeness (QED) is 0.729. The van der Waals surface area contributed by atoms with E-state index < -0.39 is 5.54 Å². The van der Waals surface area contributed by atoms with Crippen molar-refractivity contribution in [3.63, 3.8) is 0 Å². The third kappa shape index (κ3) is 2.84. The van der Waals surface area contributed by atoms with E-state index in [0.29, 0.717) is 23.1 Å². The number of amidine groups is 1. The Morgan fingerprint density at radius 2 is 1.86 bits per heavy atom. The SMILES string of the molecule is NC1=NC2(CO1)c1cc(-c3cc(Cl)cc(Cl)c3)ccc1O[C@H]1CC[C@H](O)C[C@@H]12. The van der Waals surface area contributed by atoms with Crippen LogP contribution < -0.4 is 10.5 Å². The summed E-state index contributed by atoms with van der Waals surface area (Å²) in [5.41, 5.74) is 8.08. The number of fused-ring (bicyclic) bond motifs is 4. The lowest BCUT2D eigenvalue weighted by molar-refractivity contribution is -0.0359. The van der Waals surface area contributed by atoms with Crippen LogP contribution in [0.15, 0.2) is 41.4 Å². The Hall–Kier alpha value is -1.95. The summed E-state index contributed by atoms with van der Waals surface area (Å²) in [5, 5.41) is 11.4. The highest BCUT2D eigenvalue weighted by atomic mass is 35.5. The number of aliphatic imine (C=N–C) groups is 1. The van der Waals surface area contributed by atoms with Crippen molar-refractivity contribution in [3.05, 3.63) is 52.0 Å². The van der Waals surface area contributed by atoms with Crippen LogP contribution in [0.1, 0.15) is 24.8 Å². The molecule has 0 radical (unpaired) electrons. The molecule has 5 rings (SSSR count). The number of nitrogens with two attached hydrogens (primary N) is 1. The van der Waals surface area contributed by atoms with Crippen LogP contribution in [-0.2, 0) is 10.3 Å². The molecule has 2 aromatic rings. The number of rotatable bonds is 1. The van der Waals surface area contributed by atoms with Gasteiger partial charge in [-0.05, 0) is 60.7 Å². The van der Waals surface area contributed by atoms with E-state index in [1.807, 2.05) is 24.3 Å². The zero-order valence-electron chi connectivity index (χ0n) is 15.1. The molecule has 1 spiro atoms. The molecule has 146 valence electrons. The third-order valence-corrected chi connectivity index (χ3v) is 6.48. The van der Waals surface area contributed by atoms with Crippen molar-refractivity contribution < 1.29 is 14.6 Å². The fourth-order valence-corrected chi connectivity index (χ4v) is 5.30. The molecule has 0 amide bonds. The van der Waals surface area contributed by atoms with Crippen LogP contribution in [0, 0.1) is 5.92 Å². The van der Waals surface area contributed by atoms with Crippen molar-refractivity contribution >= 4 is 29.2 Å². The summed E-state index contributed by atoms with van der Waals surface area (Å²) >= 11 is 12.4. The molecule has 3 N–H and O–H groups in total. The zero-order valence-corrected chi connectivity index (χ0v) is 16.6. The Bertz CT molecular complexity index is 960. The summed E-state index contributed by atoms with van der Waals surface area (Å²) in [6.45, 7) is 0.350. The molecule has 0 bridgehead atoms. The highest BCUT2D eigenvalue weighted by molar-refractivity contribution is 6.35. The van der Waals surface area contributed by atoms with Crippen LogP contribution in [0.25, 0.3) is 11.1 Å². The van der Waals surface area contributed by atoms with Gasteiger partial charge >= 0.3 is 0 Å². The number of ether oxygens (including phenoxy) is 2. The van der Waals surface area contributed by atoms with E-state index in [1.54, 1.807) is 6.07 Å². The maximum absolute atomic E-state index is 10.3. The van der Waals surface area contributed by atoms with E-state index in [-0.39, 0.29) is 24.1 Å². The van der Waals surface area contributed by atoms with Crippen molar-refractivity contribution in [2.24, 2.45) is 16.6 Å². The molecule has 7 heteroatoms. The van der Waals surface area contributed by atoms with Crippen molar-refractivity contribution in [2.45, 2.75) is 37.0 Å². The second-order valence-electron chi connectivity index (χ2n) is 7.76. The summed E-state index contributed by atoms with van der Waals surface area (Å²) < 4.78 is 11.9. The first kappa shape index (κ1) is 18.1. The van der Waals surface area contributed by atoms with E-state index >= 15 is 0 Å². The second kappa shape index (κ2) is 6.55. The Morgan fingerprint density at radius 3 is 2.57 bits per heavy atom. The second-order valence-corrected chi connectivity index (χ2v) is 8.63. The molecule has 2 heterocycles. The number of aliphatic hydroxyl groups is 1. The van der Waals surface area contributed by atoms with Gasteiger partial charge in [-0.3, -0.25) is 0 Å². The average Bonchev–Trinajstić information content (AvgIpc) is 3.04. The van der Waals surface area contributed by atoms with Gasteiger partial charge in [0.15, 0.2) is 0 Å². The maximum atomic E-state index is 10.3. The molecule has 2 aliphatic heterocycles. The first-order valence-electron chi connectivity index (χ1n) is 9.38. The molecule has 1 unspecified atom stereocenters. The minimum Gasteiger partial charge on any atom is -0.490 e. The van der Waals surface area contributed by atoms with Crippen LogP contribution in [0.2, 0.25) is 10.0 Å². The lowest BCUT2D eigenvalue weighted by atomic mass is 9.67. The van der Waals surface area contributed by atoms with Gasteiger partial charge in [-0.25, -0.2) is 4.99 Å². The Balaban J connectivity index is 1.67. The van der Waals surface area contributed by atoms with Crippen molar-refractivity contribution in [3.8, 4) is 16.9 Å². The molecule has 3 aliphatic rings. The number of benzene rings is 2. The van der Waals surface area contributed by atoms with Gasteiger partial charge in [-0.15, -0.1) is 0 Å². The van der Waals surface area contributed by atoms with Crippen LogP contribution in [0.3, 0.4) is 0 Å². The molecule has 28 heavy (non-hydrogen) atoms. The minimum absolute atomic E-state index is 0.00278. The number of nitrogens with zero attached hydrogens (tertiary/aromatic N) is 1. The minimum atomic E-state index is -0.651. The molecular formula is C21H20Cl2N2O3. The first-order chi connectivity index (χ1) is 13.4. The zero-order chi connectivity index (χ0) is 19.5. The standard InChI is InChI=1S/C21H20Cl2N2O3/c22-13-5-12(6-14(23)8-13)11-1-3-18-16(7-11)21(10-27-20(24)25-21)17-9-15(26)2-4-19(17)28-18/h1,3,5-8,15,17,19,26H,2,4,9-10H2,(H2,24,25)/t15-,17-,19-,21?/m0/s1. The van der Waals surface area contributed by atoms with Gasteiger partial charge in [0.05, 0.1) is 6.10 Å². The highest BCUT2D eigenvalue weighted by Crippen LogP contribution is 2.53. The molecular weight excluding hydrogens is 399 g/mol. The molecule has 0 saturated heterocycles. The van der Waals surface area contributed by atoms with Gasteiger partial charge in [0.1, 0.15) is 24.0 Å². The summed E-state index contributed by atoms with van der Waals surface area (Å²) in [7, 11) is 0. The highest BCUT2D eigenvalue weighted by Gasteiger charge is 2.55. The largest absolute Gasteiger partial charge is 0.490 e. The van der Waals surface area contributed by atoms with Crippen LogP contribution in [0.5, 0.6) is 5.75 Å². The van der Waals surface area contributed by atoms with Gasteiger partial charge in [0.25, 0.3) is 6.02 Å². The lowest BCUT2D eigenvalue weighted by Crippen LogP contribution is -2.51. The molecule has 5 nitrogen and oxygen atoms in total. The fourth-order valence-electron chi connectivity index (χ4n) is 4.77. The van der Waals surface area contributed by atoms with E-state index in [2.05, 4.69) is 6.07 Å². The van der Waals surface area contributed by atoms with Gasteiger partial charge in [-0.2, -0.15) is 0 Å². The molecule has 1 saturated carbocycles. The summed E-state index contributed by atoms with van der Waals surface area (Å²) in [6.07, 6.45) is 1.74. The molecule has 2 aromatic carbocycles.